The number of carbonyl (C=O) groups is 10. The van der Waals surface area contributed by atoms with Crippen molar-refractivity contribution in [2.24, 2.45) is 0 Å². The number of fused-ring (bicyclic) bond motifs is 2. The van der Waals surface area contributed by atoms with Gasteiger partial charge in [0.2, 0.25) is 0 Å². The SMILES string of the molecule is CC(=O)CCCC[C@@H]1CCSS1.CC(=O)CCCC[C@@H]1CCSS1.CC(=O)Cc1ccccc1Cc1c(Cl)cccc1Cl.CC(=O)Cc1ccccc1Cc1c(Cl)cccc1Cl.COc1ccc2cc([C@H](C)C(C)=O)ccc2c1.COc1ccc2cc([C@H](C)C(C)=O)ccc2c1.Cc1ccc(C(=O)c2cccc(CC(=O)O)c2N)cc1.Cc1ccc(C(=O)c2cccc(CC(=O)O)c2N)cc1. The maximum atomic E-state index is 12.4. The molecule has 16 nitrogen and oxygen atoms in total. The highest BCUT2D eigenvalue weighted by molar-refractivity contribution is 8.77. The molecule has 2 saturated heterocycles. The van der Waals surface area contributed by atoms with Gasteiger partial charge >= 0.3 is 11.9 Å². The van der Waals surface area contributed by atoms with E-state index in [-0.39, 0.29) is 70.8 Å². The van der Waals surface area contributed by atoms with E-state index in [1.165, 1.54) is 50.0 Å². The standard InChI is InChI=1S/2C16H14Cl2O.2C16H15NO3.2C15H16O2.2C9H16OS2/c2*1-11(19)9-12-5-2-3-6-13(12)10-14-15(17)7-4-8-16(14)18;2*1-10-5-7-11(8-6-10)16(20)13-4-2-3-12(15(13)17)9-14(18)19;2*1-10(11(2)16)12-4-5-14-9-15(17-3)7-6-13(14)8-12;2*1-8(10)4-2-3-5-9-6-7-11-12-9/h2*2-8H,9-10H2,1H3;2*2-8H,9,17H2,1H3,(H,18,19);2*4-10H,1-3H3;2*9H,2-7H2,1H3/t;;;;2*10-;2*9-/m....1111/s1. The Morgan fingerprint density at radius 2 is 0.691 bits per heavy atom. The highest BCUT2D eigenvalue weighted by atomic mass is 35.5. The van der Waals surface area contributed by atoms with Crippen LogP contribution in [0.1, 0.15) is 230 Å². The van der Waals surface area contributed by atoms with Gasteiger partial charge in [-0.25, -0.2) is 0 Å². The predicted molar refractivity (Wildman–Crippen MR) is 568 cm³/mol. The van der Waals surface area contributed by atoms with Gasteiger partial charge in [-0.2, -0.15) is 0 Å². The topological polar surface area (TPSA) is 282 Å². The molecule has 2 heterocycles. The fourth-order valence-electron chi connectivity index (χ4n) is 14.5. The van der Waals surface area contributed by atoms with E-state index in [0.717, 1.165) is 125 Å². The van der Waals surface area contributed by atoms with E-state index in [2.05, 4.69) is 12.1 Å². The molecule has 24 heteroatoms. The first-order valence-corrected chi connectivity index (χ1v) is 51.3. The predicted octanol–water partition coefficient (Wildman–Crippen LogP) is 28.0. The van der Waals surface area contributed by atoms with Crippen LogP contribution in [-0.4, -0.2) is 105 Å². The first-order valence-electron chi connectivity index (χ1n) is 45.0. The van der Waals surface area contributed by atoms with Crippen molar-refractivity contribution in [3.63, 3.8) is 0 Å². The minimum Gasteiger partial charge on any atom is -0.497 e. The van der Waals surface area contributed by atoms with Gasteiger partial charge in [-0.15, -0.1) is 0 Å². The maximum absolute atomic E-state index is 12.4. The first-order chi connectivity index (χ1) is 64.9. The summed E-state index contributed by atoms with van der Waals surface area (Å²) in [6.07, 6.45) is 13.4. The average molecular weight is 1990 g/mol. The van der Waals surface area contributed by atoms with Crippen LogP contribution in [0.3, 0.4) is 0 Å². The summed E-state index contributed by atoms with van der Waals surface area (Å²) in [6, 6.07) is 75.0. The summed E-state index contributed by atoms with van der Waals surface area (Å²) < 4.78 is 10.4. The Bertz CT molecular complexity index is 5650. The van der Waals surface area contributed by atoms with Gasteiger partial charge in [-0.1, -0.05) is 309 Å². The zero-order chi connectivity index (χ0) is 99.5. The number of aryl methyl sites for hydroxylation is 2. The van der Waals surface area contributed by atoms with Gasteiger partial charge in [0.05, 0.1) is 27.1 Å². The highest BCUT2D eigenvalue weighted by Gasteiger charge is 2.22. The number of carboxylic acid groups (broad SMARTS) is 2. The van der Waals surface area contributed by atoms with E-state index in [1.807, 2.05) is 241 Å². The van der Waals surface area contributed by atoms with Crippen LogP contribution in [0.5, 0.6) is 11.5 Å². The smallest absolute Gasteiger partial charge is 0.307 e. The second kappa shape index (κ2) is 58.7. The van der Waals surface area contributed by atoms with Gasteiger partial charge in [-0.05, 0) is 232 Å². The summed E-state index contributed by atoms with van der Waals surface area (Å²) in [6.45, 7) is 17.6. The molecule has 136 heavy (non-hydrogen) atoms. The number of halogens is 4. The number of rotatable bonds is 32. The lowest BCUT2D eigenvalue weighted by Gasteiger charge is -2.11. The quantitative estimate of drug-likeness (QED) is 0.0132. The van der Waals surface area contributed by atoms with Crippen LogP contribution in [0.15, 0.2) is 243 Å². The van der Waals surface area contributed by atoms with E-state index in [9.17, 15) is 47.9 Å². The molecule has 12 aromatic carbocycles. The number of anilines is 2. The first kappa shape index (κ1) is 112. The van der Waals surface area contributed by atoms with Crippen LogP contribution < -0.4 is 20.9 Å². The van der Waals surface area contributed by atoms with Crippen LogP contribution >= 0.6 is 89.6 Å². The number of carboxylic acids is 2. The van der Waals surface area contributed by atoms with E-state index >= 15 is 0 Å². The number of hydrogen-bond acceptors (Lipinski definition) is 18. The molecule has 0 amide bonds. The minimum atomic E-state index is -0.975. The molecule has 0 radical (unpaired) electrons. The van der Waals surface area contributed by atoms with Crippen LogP contribution in [0.4, 0.5) is 11.4 Å². The minimum absolute atomic E-state index is 0.0403. The molecular weight excluding hydrogens is 1870 g/mol. The third-order valence-electron chi connectivity index (χ3n) is 22.6. The number of ether oxygens (including phenoxy) is 2. The number of ketones is 8. The number of para-hydroxylation sites is 2. The van der Waals surface area contributed by atoms with Crippen molar-refractivity contribution in [3.8, 4) is 11.5 Å². The molecule has 0 saturated carbocycles. The van der Waals surface area contributed by atoms with Crippen molar-refractivity contribution in [3.05, 3.63) is 352 Å². The summed E-state index contributed by atoms with van der Waals surface area (Å²) in [4.78, 5) is 113. The third kappa shape index (κ3) is 38.3. The van der Waals surface area contributed by atoms with Gasteiger partial charge < -0.3 is 40.7 Å². The van der Waals surface area contributed by atoms with Crippen molar-refractivity contribution in [2.75, 3.05) is 37.2 Å². The van der Waals surface area contributed by atoms with Crippen LogP contribution in [0.25, 0.3) is 21.5 Å². The Morgan fingerprint density at radius 1 is 0.375 bits per heavy atom. The van der Waals surface area contributed by atoms with Gasteiger partial charge in [0.1, 0.15) is 46.2 Å². The summed E-state index contributed by atoms with van der Waals surface area (Å²) in [5.41, 5.74) is 25.3. The Morgan fingerprint density at radius 3 is 0.993 bits per heavy atom. The molecule has 716 valence electrons. The summed E-state index contributed by atoms with van der Waals surface area (Å²) in [7, 11) is 11.4. The van der Waals surface area contributed by atoms with E-state index in [0.29, 0.717) is 90.7 Å². The summed E-state index contributed by atoms with van der Waals surface area (Å²) >= 11 is 24.7. The number of benzene rings is 12. The number of Topliss-reactive ketones (excluding diaryl/α,β-unsaturated/α-hetero) is 6. The van der Waals surface area contributed by atoms with Crippen LogP contribution in [-0.2, 0) is 76.9 Å². The van der Waals surface area contributed by atoms with Crippen molar-refractivity contribution in [2.45, 2.75) is 194 Å². The van der Waals surface area contributed by atoms with Crippen molar-refractivity contribution < 1.29 is 67.6 Å². The second-order valence-corrected chi connectivity index (χ2v) is 40.7. The Kier molecular flexibility index (Phi) is 48.5. The molecule has 0 bridgehead atoms. The Balaban J connectivity index is 0.000000213. The molecule has 2 fully saturated rings. The Hall–Kier alpha value is -10.8. The lowest BCUT2D eigenvalue weighted by molar-refractivity contribution is -0.137. The van der Waals surface area contributed by atoms with E-state index in [4.69, 9.17) is 77.6 Å². The van der Waals surface area contributed by atoms with Crippen LogP contribution in [0, 0.1) is 13.8 Å². The zero-order valence-corrected chi connectivity index (χ0v) is 85.5. The number of aliphatic carboxylic acids is 2. The Labute approximate surface area is 836 Å². The fourth-order valence-corrected chi connectivity index (χ4v) is 21.6. The molecule has 0 aromatic heterocycles. The molecule has 2 aliphatic heterocycles. The molecule has 14 rings (SSSR count). The third-order valence-corrected chi connectivity index (χ3v) is 30.0. The van der Waals surface area contributed by atoms with E-state index in [1.54, 1.807) is 116 Å². The maximum Gasteiger partial charge on any atom is 0.307 e. The lowest BCUT2D eigenvalue weighted by atomic mass is 9.95. The molecule has 0 unspecified atom stereocenters. The van der Waals surface area contributed by atoms with Crippen molar-refractivity contribution >= 4 is 181 Å². The summed E-state index contributed by atoms with van der Waals surface area (Å²) in [5.74, 6) is 3.28. The number of hydrogen-bond donors (Lipinski definition) is 4. The summed E-state index contributed by atoms with van der Waals surface area (Å²) in [5, 5.41) is 26.6. The molecule has 0 aliphatic carbocycles. The van der Waals surface area contributed by atoms with Crippen molar-refractivity contribution in [1.82, 2.24) is 0 Å². The van der Waals surface area contributed by atoms with Gasteiger partial charge in [0, 0.05) is 126 Å². The van der Waals surface area contributed by atoms with E-state index < -0.39 is 11.9 Å². The largest absolute Gasteiger partial charge is 0.497 e. The van der Waals surface area contributed by atoms with Gasteiger partial charge in [0.15, 0.2) is 11.6 Å². The lowest BCUT2D eigenvalue weighted by Crippen LogP contribution is -2.10. The molecule has 0 spiro atoms. The monoisotopic (exact) mass is 1990 g/mol. The van der Waals surface area contributed by atoms with Gasteiger partial charge in [-0.3, -0.25) is 38.4 Å². The zero-order valence-electron chi connectivity index (χ0n) is 79.2. The average Bonchev–Trinajstić information content (AvgIpc) is 0.853. The van der Waals surface area contributed by atoms with Gasteiger partial charge in [0.25, 0.3) is 0 Å². The molecule has 4 atom stereocenters. The normalized spacial score (nSPS) is 13.1. The number of nitrogen functional groups attached to an aromatic ring is 2. The fraction of sp³-hybridized carbons (Fsp3) is 0.304. The molecule has 6 N–H and O–H groups in total. The van der Waals surface area contributed by atoms with Crippen molar-refractivity contribution in [1.29, 1.82) is 0 Å². The number of carbonyl (C=O) groups excluding carboxylic acids is 8. The highest BCUT2D eigenvalue weighted by Crippen LogP contribution is 2.42. The molecule has 12 aromatic rings. The number of unbranched alkanes of at least 4 members (excludes halogenated alkanes) is 2. The number of methoxy groups -OCH3 is 2. The number of nitrogens with two attached hydrogens (primary N) is 2. The second-order valence-electron chi connectivity index (χ2n) is 33.5. The van der Waals surface area contributed by atoms with Crippen LogP contribution in [0.2, 0.25) is 20.1 Å². The molecule has 2 aliphatic rings. The molecular formula is C112H122Cl4N2O14S4.